The molecule has 1 aromatic carbocycles. The summed E-state index contributed by atoms with van der Waals surface area (Å²) in [5.41, 5.74) is 1.54. The smallest absolute Gasteiger partial charge is 0.340 e. The number of ketones is 1. The molecule has 0 bridgehead atoms. The number of nitrogens with one attached hydrogen (secondary N) is 1. The molecule has 3 rings (SSSR count). The highest BCUT2D eigenvalue weighted by Gasteiger charge is 2.26. The van der Waals surface area contributed by atoms with Crippen molar-refractivity contribution in [1.29, 1.82) is 0 Å². The van der Waals surface area contributed by atoms with Crippen LogP contribution in [-0.4, -0.2) is 48.0 Å². The number of carbonyl (C=O) groups excluding carboxylic acids is 3. The van der Waals surface area contributed by atoms with Crippen LogP contribution in [0.4, 0.5) is 5.69 Å². The van der Waals surface area contributed by atoms with Crippen LogP contribution in [0, 0.1) is 19.3 Å². The van der Waals surface area contributed by atoms with Crippen molar-refractivity contribution in [1.82, 2.24) is 9.55 Å². The van der Waals surface area contributed by atoms with Crippen molar-refractivity contribution < 1.29 is 28.6 Å². The van der Waals surface area contributed by atoms with Gasteiger partial charge in [0, 0.05) is 46.1 Å². The predicted octanol–water partition coefficient (Wildman–Crippen LogP) is 4.59. The lowest BCUT2D eigenvalue weighted by Gasteiger charge is -2.20. The molecule has 0 unspecified atom stereocenters. The Kier molecular flexibility index (Phi) is 7.64. The largest absolute Gasteiger partial charge is 0.493 e. The summed E-state index contributed by atoms with van der Waals surface area (Å²) in [5, 5.41) is 5.35. The molecule has 9 nitrogen and oxygen atoms in total. The van der Waals surface area contributed by atoms with Crippen molar-refractivity contribution in [2.24, 2.45) is 5.41 Å². The highest BCUT2D eigenvalue weighted by Crippen LogP contribution is 2.34. The van der Waals surface area contributed by atoms with Gasteiger partial charge in [-0.25, -0.2) is 9.78 Å². The first-order chi connectivity index (χ1) is 16.5. The van der Waals surface area contributed by atoms with Crippen LogP contribution in [0.3, 0.4) is 0 Å². The number of anilines is 1. The molecule has 1 amide bonds. The van der Waals surface area contributed by atoms with E-state index in [-0.39, 0.29) is 28.7 Å². The van der Waals surface area contributed by atoms with Gasteiger partial charge >= 0.3 is 5.97 Å². The van der Waals surface area contributed by atoms with Gasteiger partial charge in [0.2, 0.25) is 11.7 Å². The molecule has 2 heterocycles. The summed E-state index contributed by atoms with van der Waals surface area (Å²) in [6, 6.07) is 4.65. The highest BCUT2D eigenvalue weighted by atomic mass is 32.1. The number of hydrogen-bond acceptors (Lipinski definition) is 8. The normalized spacial score (nSPS) is 11.2. The number of aryl methyl sites for hydroxylation is 1. The third-order valence-corrected chi connectivity index (χ3v) is 6.11. The zero-order valence-corrected chi connectivity index (χ0v) is 21.7. The van der Waals surface area contributed by atoms with Crippen LogP contribution < -0.4 is 14.8 Å². The molecule has 1 N–H and O–H groups in total. The second kappa shape index (κ2) is 10.3. The Morgan fingerprint density at radius 1 is 1.03 bits per heavy atom. The van der Waals surface area contributed by atoms with Crippen molar-refractivity contribution in [3.8, 4) is 16.6 Å². The summed E-state index contributed by atoms with van der Waals surface area (Å²) in [7, 11) is 2.88. The molecule has 10 heteroatoms. The average Bonchev–Trinajstić information content (AvgIpc) is 3.43. The van der Waals surface area contributed by atoms with E-state index < -0.39 is 18.0 Å². The van der Waals surface area contributed by atoms with Gasteiger partial charge in [0.1, 0.15) is 0 Å². The maximum Gasteiger partial charge on any atom is 0.340 e. The Labute approximate surface area is 208 Å². The number of ether oxygens (including phenoxy) is 3. The highest BCUT2D eigenvalue weighted by molar-refractivity contribution is 7.12. The molecule has 186 valence electrons. The van der Waals surface area contributed by atoms with Gasteiger partial charge in [0.15, 0.2) is 23.2 Å². The van der Waals surface area contributed by atoms with Crippen LogP contribution in [0.2, 0.25) is 0 Å². The van der Waals surface area contributed by atoms with Gasteiger partial charge in [0.25, 0.3) is 0 Å². The van der Waals surface area contributed by atoms with Crippen LogP contribution in [0.1, 0.15) is 52.9 Å². The lowest BCUT2D eigenvalue weighted by atomic mass is 9.95. The maximum atomic E-state index is 13.0. The molecule has 0 aliphatic rings. The third kappa shape index (κ3) is 5.54. The van der Waals surface area contributed by atoms with Gasteiger partial charge < -0.3 is 19.5 Å². The minimum atomic E-state index is -0.780. The lowest BCUT2D eigenvalue weighted by molar-refractivity contribution is -0.123. The molecule has 0 aliphatic heterocycles. The van der Waals surface area contributed by atoms with Crippen molar-refractivity contribution in [2.45, 2.75) is 34.6 Å². The molecule has 0 spiro atoms. The Bertz CT molecular complexity index is 1260. The quantitative estimate of drug-likeness (QED) is 0.357. The molecule has 0 fully saturated rings. The Hall–Kier alpha value is -3.66. The first-order valence-electron chi connectivity index (χ1n) is 10.8. The zero-order chi connectivity index (χ0) is 25.9. The van der Waals surface area contributed by atoms with E-state index in [9.17, 15) is 14.4 Å². The monoisotopic (exact) mass is 499 g/mol. The van der Waals surface area contributed by atoms with Crippen LogP contribution in [0.25, 0.3) is 5.13 Å². The fraction of sp³-hybridized carbons (Fsp3) is 0.360. The second-order valence-electron chi connectivity index (χ2n) is 8.89. The van der Waals surface area contributed by atoms with E-state index in [4.69, 9.17) is 14.2 Å². The summed E-state index contributed by atoms with van der Waals surface area (Å²) in [5.74, 6) is -0.817. The number of nitrogens with zero attached hydrogens (tertiary/aromatic N) is 2. The maximum absolute atomic E-state index is 13.0. The van der Waals surface area contributed by atoms with E-state index in [1.165, 1.54) is 37.7 Å². The molecule has 35 heavy (non-hydrogen) atoms. The lowest BCUT2D eigenvalue weighted by Crippen LogP contribution is -2.28. The standard InChI is InChI=1S/C25H29N3O6S/c1-14-10-16(15(2)28(14)24-26-8-9-35-24)19(29)13-34-22(30)17-11-20(32-6)21(33-7)12-18(17)27-23(31)25(3,4)5/h8-12H,13H2,1-7H3,(H,27,31). The van der Waals surface area contributed by atoms with E-state index in [2.05, 4.69) is 10.3 Å². The minimum Gasteiger partial charge on any atom is -0.493 e. The van der Waals surface area contributed by atoms with Gasteiger partial charge in [-0.3, -0.25) is 14.2 Å². The molecule has 0 aliphatic carbocycles. The van der Waals surface area contributed by atoms with Crippen LogP contribution >= 0.6 is 11.3 Å². The van der Waals surface area contributed by atoms with Gasteiger partial charge in [-0.1, -0.05) is 20.8 Å². The number of Topliss-reactive ketones (excluding diaryl/α,β-unsaturated/α-hetero) is 1. The predicted molar refractivity (Wildman–Crippen MR) is 133 cm³/mol. The number of methoxy groups -OCH3 is 2. The van der Waals surface area contributed by atoms with Crippen LogP contribution in [0.5, 0.6) is 11.5 Å². The number of carbonyl (C=O) groups is 3. The fourth-order valence-electron chi connectivity index (χ4n) is 3.41. The first kappa shape index (κ1) is 26.0. The van der Waals surface area contributed by atoms with E-state index >= 15 is 0 Å². The fourth-order valence-corrected chi connectivity index (χ4v) is 4.16. The van der Waals surface area contributed by atoms with E-state index in [1.54, 1.807) is 33.0 Å². The van der Waals surface area contributed by atoms with E-state index in [0.717, 1.165) is 10.8 Å². The Morgan fingerprint density at radius 2 is 1.69 bits per heavy atom. The number of thiazole rings is 1. The van der Waals surface area contributed by atoms with Crippen LogP contribution in [0.15, 0.2) is 29.8 Å². The number of rotatable bonds is 8. The summed E-state index contributed by atoms with van der Waals surface area (Å²) in [6.07, 6.45) is 1.70. The van der Waals surface area contributed by atoms with Crippen molar-refractivity contribution >= 4 is 34.7 Å². The van der Waals surface area contributed by atoms with E-state index in [0.29, 0.717) is 17.0 Å². The van der Waals surface area contributed by atoms with E-state index in [1.807, 2.05) is 23.8 Å². The van der Waals surface area contributed by atoms with Gasteiger partial charge in [-0.2, -0.15) is 0 Å². The number of aromatic nitrogens is 2. The topological polar surface area (TPSA) is 109 Å². The average molecular weight is 500 g/mol. The Balaban J connectivity index is 1.85. The number of hydrogen-bond donors (Lipinski definition) is 1. The molecule has 2 aromatic heterocycles. The number of benzene rings is 1. The minimum absolute atomic E-state index is 0.0429. The zero-order valence-electron chi connectivity index (χ0n) is 20.8. The van der Waals surface area contributed by atoms with Crippen LogP contribution in [-0.2, 0) is 9.53 Å². The molecule has 0 saturated heterocycles. The SMILES string of the molecule is COc1cc(NC(=O)C(C)(C)C)c(C(=O)OCC(=O)c2cc(C)n(-c3nccs3)c2C)cc1OC. The molecular weight excluding hydrogens is 470 g/mol. The number of amides is 1. The second-order valence-corrected chi connectivity index (χ2v) is 9.76. The molecule has 3 aromatic rings. The summed E-state index contributed by atoms with van der Waals surface area (Å²) < 4.78 is 17.8. The molecule has 0 radical (unpaired) electrons. The van der Waals surface area contributed by atoms with Crippen molar-refractivity contribution in [3.63, 3.8) is 0 Å². The molecular formula is C25H29N3O6S. The summed E-state index contributed by atoms with van der Waals surface area (Å²) in [4.78, 5) is 42.8. The summed E-state index contributed by atoms with van der Waals surface area (Å²) >= 11 is 1.46. The summed E-state index contributed by atoms with van der Waals surface area (Å²) in [6.45, 7) is 8.48. The van der Waals surface area contributed by atoms with Gasteiger partial charge in [-0.05, 0) is 19.9 Å². The third-order valence-electron chi connectivity index (χ3n) is 5.35. The van der Waals surface area contributed by atoms with Crippen molar-refractivity contribution in [2.75, 3.05) is 26.1 Å². The van der Waals surface area contributed by atoms with Gasteiger partial charge in [0.05, 0.1) is 25.5 Å². The van der Waals surface area contributed by atoms with Gasteiger partial charge in [-0.15, -0.1) is 11.3 Å². The Morgan fingerprint density at radius 3 is 2.26 bits per heavy atom. The molecule has 0 atom stereocenters. The molecule has 0 saturated carbocycles. The first-order valence-corrected chi connectivity index (χ1v) is 11.7. The number of esters is 1. The van der Waals surface area contributed by atoms with Crippen molar-refractivity contribution in [3.05, 3.63) is 52.3 Å².